The van der Waals surface area contributed by atoms with Crippen LogP contribution < -0.4 is 0 Å². The summed E-state index contributed by atoms with van der Waals surface area (Å²) in [7, 11) is 1.00. The van der Waals surface area contributed by atoms with E-state index in [1.807, 2.05) is 0 Å². The van der Waals surface area contributed by atoms with E-state index in [4.69, 9.17) is 5.11 Å². The molecule has 0 aromatic heterocycles. The van der Waals surface area contributed by atoms with E-state index in [-0.39, 0.29) is 0 Å². The minimum atomic E-state index is 0.760. The van der Waals surface area contributed by atoms with Crippen molar-refractivity contribution in [2.24, 2.45) is 0 Å². The summed E-state index contributed by atoms with van der Waals surface area (Å²) in [6.45, 7) is 4.50. The Morgan fingerprint density at radius 2 is 1.46 bits per heavy atom. The van der Waals surface area contributed by atoms with Gasteiger partial charge in [0.2, 0.25) is 0 Å². The van der Waals surface area contributed by atoms with Crippen LogP contribution in [0.3, 0.4) is 0 Å². The summed E-state index contributed by atoms with van der Waals surface area (Å²) in [5.74, 6) is 0.760. The Labute approximate surface area is 81.4 Å². The molecule has 0 aliphatic carbocycles. The lowest BCUT2D eigenvalue weighted by molar-refractivity contribution is 0.399. The molecule has 0 unspecified atom stereocenters. The summed E-state index contributed by atoms with van der Waals surface area (Å²) in [4.78, 5) is 0. The largest absolute Gasteiger partial charge is 0.400 e. The fourth-order valence-corrected chi connectivity index (χ4v) is 1.49. The van der Waals surface area contributed by atoms with Crippen LogP contribution in [0.2, 0.25) is 0 Å². The van der Waals surface area contributed by atoms with Gasteiger partial charge in [-0.05, 0) is 24.3 Å². The molecule has 74 valence electrons. The topological polar surface area (TPSA) is 20.2 Å². The van der Waals surface area contributed by atoms with Gasteiger partial charge in [0, 0.05) is 7.11 Å². The maximum absolute atomic E-state index is 7.00. The van der Waals surface area contributed by atoms with Crippen LogP contribution in [0.5, 0.6) is 0 Å². The Kier molecular flexibility index (Phi) is 7.32. The van der Waals surface area contributed by atoms with E-state index in [9.17, 15) is 0 Å². The van der Waals surface area contributed by atoms with E-state index >= 15 is 0 Å². The third-order valence-corrected chi connectivity index (χ3v) is 2.26. The lowest BCUT2D eigenvalue weighted by atomic mass is 9.94. The summed E-state index contributed by atoms with van der Waals surface area (Å²) < 4.78 is 0. The van der Waals surface area contributed by atoms with E-state index < -0.39 is 0 Å². The molecule has 1 N–H and O–H groups in total. The second-order valence-corrected chi connectivity index (χ2v) is 2.92. The minimum Gasteiger partial charge on any atom is -0.400 e. The first kappa shape index (κ1) is 12.2. The van der Waals surface area contributed by atoms with Crippen molar-refractivity contribution in [1.82, 2.24) is 0 Å². The van der Waals surface area contributed by atoms with Crippen molar-refractivity contribution in [2.45, 2.75) is 32.6 Å². The summed E-state index contributed by atoms with van der Waals surface area (Å²) in [5, 5.41) is 7.00. The Morgan fingerprint density at radius 3 is 1.85 bits per heavy atom. The van der Waals surface area contributed by atoms with Crippen LogP contribution in [0.15, 0.2) is 30.3 Å². The molecule has 1 aromatic carbocycles. The van der Waals surface area contributed by atoms with Gasteiger partial charge in [0.15, 0.2) is 0 Å². The van der Waals surface area contributed by atoms with E-state index in [0.29, 0.717) is 0 Å². The molecule has 1 nitrogen and oxygen atoms in total. The number of aliphatic hydroxyl groups is 1. The quantitative estimate of drug-likeness (QED) is 0.757. The molecule has 0 bridgehead atoms. The Morgan fingerprint density at radius 1 is 1.00 bits per heavy atom. The molecule has 1 rings (SSSR count). The van der Waals surface area contributed by atoms with Crippen LogP contribution in [-0.4, -0.2) is 12.2 Å². The highest BCUT2D eigenvalue weighted by Crippen LogP contribution is 2.21. The molecule has 1 aromatic rings. The van der Waals surface area contributed by atoms with Gasteiger partial charge in [-0.1, -0.05) is 44.2 Å². The predicted molar refractivity (Wildman–Crippen MR) is 57.9 cm³/mol. The van der Waals surface area contributed by atoms with E-state index in [0.717, 1.165) is 13.0 Å². The number of aliphatic hydroxyl groups excluding tert-OH is 1. The first-order valence-electron chi connectivity index (χ1n) is 4.88. The molecule has 0 amide bonds. The summed E-state index contributed by atoms with van der Waals surface area (Å²) >= 11 is 0. The molecular weight excluding hydrogens is 160 g/mol. The Hall–Kier alpha value is -0.820. The zero-order valence-corrected chi connectivity index (χ0v) is 8.83. The van der Waals surface area contributed by atoms with Gasteiger partial charge in [-0.2, -0.15) is 0 Å². The lowest BCUT2D eigenvalue weighted by Crippen LogP contribution is -1.93. The third kappa shape index (κ3) is 4.09. The van der Waals surface area contributed by atoms with Gasteiger partial charge < -0.3 is 5.11 Å². The van der Waals surface area contributed by atoms with Crippen molar-refractivity contribution >= 4 is 0 Å². The molecule has 0 atom stereocenters. The maximum Gasteiger partial charge on any atom is 0.0319 e. The molecule has 0 saturated heterocycles. The van der Waals surface area contributed by atoms with Crippen LogP contribution in [0, 0.1) is 0 Å². The van der Waals surface area contributed by atoms with Crippen molar-refractivity contribution in [3.8, 4) is 0 Å². The summed E-state index contributed by atoms with van der Waals surface area (Å²) in [6, 6.07) is 10.8. The van der Waals surface area contributed by atoms with Gasteiger partial charge in [0.1, 0.15) is 0 Å². The fourth-order valence-electron chi connectivity index (χ4n) is 1.49. The Balaban J connectivity index is 0.000000671. The van der Waals surface area contributed by atoms with Gasteiger partial charge in [-0.3, -0.25) is 0 Å². The van der Waals surface area contributed by atoms with Crippen molar-refractivity contribution in [1.29, 1.82) is 0 Å². The average Bonchev–Trinajstić information content (AvgIpc) is 2.24. The number of hydrogen-bond donors (Lipinski definition) is 1. The van der Waals surface area contributed by atoms with Crippen molar-refractivity contribution in [3.05, 3.63) is 35.9 Å². The van der Waals surface area contributed by atoms with Gasteiger partial charge >= 0.3 is 0 Å². The Bertz CT molecular complexity index is 190. The zero-order chi connectivity index (χ0) is 10.1. The highest BCUT2D eigenvalue weighted by Gasteiger charge is 2.03. The van der Waals surface area contributed by atoms with Crippen LogP contribution in [0.1, 0.15) is 38.2 Å². The monoisotopic (exact) mass is 180 g/mol. The summed E-state index contributed by atoms with van der Waals surface area (Å²) in [6.07, 6.45) is 2.50. The molecule has 0 heterocycles. The van der Waals surface area contributed by atoms with Crippen LogP contribution in [-0.2, 0) is 0 Å². The number of hydrogen-bond acceptors (Lipinski definition) is 1. The van der Waals surface area contributed by atoms with Gasteiger partial charge in [0.25, 0.3) is 0 Å². The van der Waals surface area contributed by atoms with Crippen molar-refractivity contribution < 1.29 is 5.11 Å². The molecule has 0 aliphatic rings. The van der Waals surface area contributed by atoms with Crippen molar-refractivity contribution in [2.75, 3.05) is 7.11 Å². The SMILES string of the molecule is CCC(CC)c1ccccc1.CO. The molecule has 0 spiro atoms. The molecule has 1 heteroatoms. The second-order valence-electron chi connectivity index (χ2n) is 2.92. The molecule has 0 radical (unpaired) electrons. The first-order valence-corrected chi connectivity index (χ1v) is 4.88. The van der Waals surface area contributed by atoms with Crippen LogP contribution in [0.4, 0.5) is 0 Å². The highest BCUT2D eigenvalue weighted by molar-refractivity contribution is 5.18. The van der Waals surface area contributed by atoms with Gasteiger partial charge in [-0.25, -0.2) is 0 Å². The fraction of sp³-hybridized carbons (Fsp3) is 0.500. The molecule has 0 saturated carbocycles. The van der Waals surface area contributed by atoms with Gasteiger partial charge in [-0.15, -0.1) is 0 Å². The van der Waals surface area contributed by atoms with Gasteiger partial charge in [0.05, 0.1) is 0 Å². The lowest BCUT2D eigenvalue weighted by Gasteiger charge is -2.11. The average molecular weight is 180 g/mol. The smallest absolute Gasteiger partial charge is 0.0319 e. The second kappa shape index (κ2) is 7.81. The van der Waals surface area contributed by atoms with E-state index in [2.05, 4.69) is 44.2 Å². The highest BCUT2D eigenvalue weighted by atomic mass is 16.2. The maximum atomic E-state index is 7.00. The predicted octanol–water partition coefficient (Wildman–Crippen LogP) is 3.20. The van der Waals surface area contributed by atoms with E-state index in [1.165, 1.54) is 18.4 Å². The van der Waals surface area contributed by atoms with E-state index in [1.54, 1.807) is 0 Å². The van der Waals surface area contributed by atoms with Crippen LogP contribution >= 0.6 is 0 Å². The molecule has 0 aliphatic heterocycles. The molecular formula is C12H20O. The minimum absolute atomic E-state index is 0.760. The summed E-state index contributed by atoms with van der Waals surface area (Å²) in [5.41, 5.74) is 1.48. The number of benzene rings is 1. The zero-order valence-electron chi connectivity index (χ0n) is 8.83. The standard InChI is InChI=1S/C11H16.CH4O/c1-3-10(4-2)11-8-6-5-7-9-11;1-2/h5-10H,3-4H2,1-2H3;2H,1H3. The number of rotatable bonds is 3. The third-order valence-electron chi connectivity index (χ3n) is 2.26. The molecule has 13 heavy (non-hydrogen) atoms. The normalized spacial score (nSPS) is 9.31. The van der Waals surface area contributed by atoms with Crippen LogP contribution in [0.25, 0.3) is 0 Å². The molecule has 0 fully saturated rings. The van der Waals surface area contributed by atoms with Crippen molar-refractivity contribution in [3.63, 3.8) is 0 Å². The first-order chi connectivity index (χ1) is 6.38.